The smallest absolute Gasteiger partial charge is 0.106 e. The maximum atomic E-state index is 4.85. The van der Waals surface area contributed by atoms with E-state index in [1.54, 1.807) is 0 Å². The SMILES string of the molecule is C=C(CCC1=Cc2cc(N(C)C(=NC(C)C)C(C)C)ccc2N(C)C1=C)NC. The van der Waals surface area contributed by atoms with Crippen molar-refractivity contribution in [1.82, 2.24) is 5.32 Å². The zero-order valence-corrected chi connectivity index (χ0v) is 18.6. The molecule has 0 spiro atoms. The van der Waals surface area contributed by atoms with Crippen LogP contribution < -0.4 is 15.1 Å². The van der Waals surface area contributed by atoms with Gasteiger partial charge in [-0.05, 0) is 56.5 Å². The van der Waals surface area contributed by atoms with E-state index in [1.165, 1.54) is 16.8 Å². The van der Waals surface area contributed by atoms with Crippen LogP contribution in [0, 0.1) is 5.92 Å². The molecule has 0 radical (unpaired) electrons. The summed E-state index contributed by atoms with van der Waals surface area (Å²) in [5, 5.41) is 3.13. The Morgan fingerprint density at radius 2 is 1.93 bits per heavy atom. The van der Waals surface area contributed by atoms with E-state index in [0.29, 0.717) is 5.92 Å². The summed E-state index contributed by atoms with van der Waals surface area (Å²) in [7, 11) is 6.11. The minimum Gasteiger partial charge on any atom is -0.392 e. The van der Waals surface area contributed by atoms with Gasteiger partial charge in [0.1, 0.15) is 5.84 Å². The Hall–Kier alpha value is -2.49. The second kappa shape index (κ2) is 9.13. The van der Waals surface area contributed by atoms with Crippen LogP contribution in [0.3, 0.4) is 0 Å². The first-order chi connectivity index (χ1) is 13.1. The van der Waals surface area contributed by atoms with Gasteiger partial charge in [0.05, 0.1) is 0 Å². The number of likely N-dealkylation sites (N-methyl/N-ethyl adjacent to an activating group) is 1. The topological polar surface area (TPSA) is 30.9 Å². The number of benzene rings is 1. The number of anilines is 2. The van der Waals surface area contributed by atoms with Crippen LogP contribution in [0.15, 0.2) is 53.3 Å². The molecule has 28 heavy (non-hydrogen) atoms. The van der Waals surface area contributed by atoms with Gasteiger partial charge in [-0.15, -0.1) is 0 Å². The van der Waals surface area contributed by atoms with Crippen molar-refractivity contribution in [3.05, 3.63) is 53.9 Å². The average Bonchev–Trinajstić information content (AvgIpc) is 2.66. The maximum absolute atomic E-state index is 4.85. The molecule has 0 unspecified atom stereocenters. The quantitative estimate of drug-likeness (QED) is 0.504. The van der Waals surface area contributed by atoms with Gasteiger partial charge >= 0.3 is 0 Å². The third kappa shape index (κ3) is 4.86. The molecule has 0 aromatic heterocycles. The second-order valence-electron chi connectivity index (χ2n) is 8.07. The summed E-state index contributed by atoms with van der Waals surface area (Å²) in [5.74, 6) is 1.47. The minimum atomic E-state index is 0.277. The highest BCUT2D eigenvalue weighted by atomic mass is 15.2. The number of amidine groups is 1. The summed E-state index contributed by atoms with van der Waals surface area (Å²) in [6.07, 6.45) is 4.10. The van der Waals surface area contributed by atoms with Crippen LogP contribution in [0.25, 0.3) is 6.08 Å². The molecule has 1 aliphatic heterocycles. The molecule has 0 aliphatic carbocycles. The van der Waals surface area contributed by atoms with E-state index in [9.17, 15) is 0 Å². The third-order valence-electron chi connectivity index (χ3n) is 5.17. The Balaban J connectivity index is 2.39. The first-order valence-electron chi connectivity index (χ1n) is 10.1. The minimum absolute atomic E-state index is 0.277. The number of rotatable bonds is 7. The highest BCUT2D eigenvalue weighted by Gasteiger charge is 2.21. The van der Waals surface area contributed by atoms with Gasteiger partial charge in [0.2, 0.25) is 0 Å². The molecule has 0 saturated carbocycles. The van der Waals surface area contributed by atoms with Gasteiger partial charge in [0.25, 0.3) is 0 Å². The number of allylic oxidation sites excluding steroid dienone is 2. The predicted octanol–water partition coefficient (Wildman–Crippen LogP) is 5.45. The summed E-state index contributed by atoms with van der Waals surface area (Å²) >= 11 is 0. The number of nitrogens with zero attached hydrogens (tertiary/aromatic N) is 3. The monoisotopic (exact) mass is 380 g/mol. The van der Waals surface area contributed by atoms with Crippen LogP contribution in [0.4, 0.5) is 11.4 Å². The molecule has 152 valence electrons. The summed E-state index contributed by atoms with van der Waals surface area (Å²) < 4.78 is 0. The molecule has 0 fully saturated rings. The van der Waals surface area contributed by atoms with E-state index in [1.807, 2.05) is 7.05 Å². The Labute approximate surface area is 171 Å². The maximum Gasteiger partial charge on any atom is 0.106 e. The van der Waals surface area contributed by atoms with E-state index in [4.69, 9.17) is 4.99 Å². The molecule has 4 heteroatoms. The standard InChI is InChI=1S/C24H36N4/c1-16(2)24(26-17(3)4)28(9)22-12-13-23-21(15-22)14-20(19(6)27(23)8)11-10-18(5)25-7/h12-17,25H,5-6,10-11H2,1-4,7-9H3. The lowest BCUT2D eigenvalue weighted by atomic mass is 9.96. The van der Waals surface area contributed by atoms with Crippen LogP contribution >= 0.6 is 0 Å². The predicted molar refractivity (Wildman–Crippen MR) is 125 cm³/mol. The summed E-state index contributed by atoms with van der Waals surface area (Å²) in [4.78, 5) is 9.25. The molecule has 2 rings (SSSR count). The Morgan fingerprint density at radius 3 is 2.50 bits per heavy atom. The van der Waals surface area contributed by atoms with Gasteiger partial charge in [-0.25, -0.2) is 0 Å². The van der Waals surface area contributed by atoms with Crippen molar-refractivity contribution in [3.63, 3.8) is 0 Å². The Kier molecular flexibility index (Phi) is 7.11. The third-order valence-corrected chi connectivity index (χ3v) is 5.17. The van der Waals surface area contributed by atoms with Crippen LogP contribution in [-0.2, 0) is 0 Å². The first-order valence-corrected chi connectivity index (χ1v) is 10.1. The van der Waals surface area contributed by atoms with Crippen molar-refractivity contribution in [3.8, 4) is 0 Å². The Bertz CT molecular complexity index is 799. The highest BCUT2D eigenvalue weighted by molar-refractivity contribution is 5.99. The molecule has 1 aromatic carbocycles. The van der Waals surface area contributed by atoms with Gasteiger partial charge in [0.15, 0.2) is 0 Å². The van der Waals surface area contributed by atoms with Gasteiger partial charge in [-0.3, -0.25) is 4.99 Å². The van der Waals surface area contributed by atoms with Gasteiger partial charge in [-0.2, -0.15) is 0 Å². The van der Waals surface area contributed by atoms with Crippen LogP contribution in [0.5, 0.6) is 0 Å². The number of fused-ring (bicyclic) bond motifs is 1. The lowest BCUT2D eigenvalue weighted by molar-refractivity contribution is 0.782. The zero-order chi connectivity index (χ0) is 21.0. The molecular formula is C24H36N4. The molecule has 4 nitrogen and oxygen atoms in total. The van der Waals surface area contributed by atoms with Crippen LogP contribution in [-0.4, -0.2) is 33.0 Å². The van der Waals surface area contributed by atoms with Gasteiger partial charge in [0, 0.05) is 61.4 Å². The van der Waals surface area contributed by atoms with E-state index in [0.717, 1.165) is 35.8 Å². The average molecular weight is 381 g/mol. The molecular weight excluding hydrogens is 344 g/mol. The van der Waals surface area contributed by atoms with Crippen molar-refractivity contribution in [2.24, 2.45) is 10.9 Å². The molecule has 1 N–H and O–H groups in total. The second-order valence-corrected chi connectivity index (χ2v) is 8.07. The van der Waals surface area contributed by atoms with Crippen LogP contribution in [0.1, 0.15) is 46.1 Å². The fraction of sp³-hybridized carbons (Fsp3) is 0.458. The van der Waals surface area contributed by atoms with E-state index >= 15 is 0 Å². The molecule has 1 aromatic rings. The lowest BCUT2D eigenvalue weighted by Gasteiger charge is -2.32. The van der Waals surface area contributed by atoms with Crippen molar-refractivity contribution in [2.45, 2.75) is 46.6 Å². The van der Waals surface area contributed by atoms with Crippen molar-refractivity contribution in [2.75, 3.05) is 30.9 Å². The van der Waals surface area contributed by atoms with Gasteiger partial charge in [-0.1, -0.05) is 27.0 Å². The lowest BCUT2D eigenvalue weighted by Crippen LogP contribution is -2.32. The number of aliphatic imine (C=N–C) groups is 1. The highest BCUT2D eigenvalue weighted by Crippen LogP contribution is 2.37. The fourth-order valence-corrected chi connectivity index (χ4v) is 3.45. The fourth-order valence-electron chi connectivity index (χ4n) is 3.45. The molecule has 0 saturated heterocycles. The summed E-state index contributed by atoms with van der Waals surface area (Å²) in [6, 6.07) is 6.88. The number of nitrogens with one attached hydrogen (secondary N) is 1. The number of hydrogen-bond acceptors (Lipinski definition) is 3. The summed E-state index contributed by atoms with van der Waals surface area (Å²) in [5.41, 5.74) is 6.92. The zero-order valence-electron chi connectivity index (χ0n) is 18.6. The van der Waals surface area contributed by atoms with Crippen molar-refractivity contribution >= 4 is 23.3 Å². The molecule has 0 bridgehead atoms. The molecule has 0 atom stereocenters. The van der Waals surface area contributed by atoms with E-state index in [-0.39, 0.29) is 6.04 Å². The largest absolute Gasteiger partial charge is 0.392 e. The molecule has 1 heterocycles. The van der Waals surface area contributed by atoms with E-state index in [2.05, 4.69) is 94.3 Å². The Morgan fingerprint density at radius 1 is 1.25 bits per heavy atom. The normalized spacial score (nSPS) is 14.3. The van der Waals surface area contributed by atoms with E-state index < -0.39 is 0 Å². The first kappa shape index (κ1) is 21.8. The van der Waals surface area contributed by atoms with Crippen molar-refractivity contribution < 1.29 is 0 Å². The van der Waals surface area contributed by atoms with Gasteiger partial charge < -0.3 is 15.1 Å². The molecule has 0 amide bonds. The summed E-state index contributed by atoms with van der Waals surface area (Å²) in [6.45, 7) is 17.0. The van der Waals surface area contributed by atoms with Crippen LogP contribution in [0.2, 0.25) is 0 Å². The van der Waals surface area contributed by atoms with Crippen molar-refractivity contribution in [1.29, 1.82) is 0 Å². The number of hydrogen-bond donors (Lipinski definition) is 1. The molecule has 1 aliphatic rings.